The normalized spacial score (nSPS) is 19.2. The maximum absolute atomic E-state index is 13.1. The van der Waals surface area contributed by atoms with Crippen molar-refractivity contribution in [3.63, 3.8) is 0 Å². The average molecular weight is 548 g/mol. The Morgan fingerprint density at radius 2 is 1.78 bits per heavy atom. The molecule has 12 heteroatoms. The van der Waals surface area contributed by atoms with Crippen molar-refractivity contribution in [3.8, 4) is 5.75 Å². The Morgan fingerprint density at radius 1 is 1.11 bits per heavy atom. The second kappa shape index (κ2) is 11.1. The van der Waals surface area contributed by atoms with Crippen molar-refractivity contribution in [2.45, 2.75) is 44.4 Å². The minimum absolute atomic E-state index is 0.0920. The summed E-state index contributed by atoms with van der Waals surface area (Å²) >= 11 is 1.24. The van der Waals surface area contributed by atoms with E-state index in [-0.39, 0.29) is 48.9 Å². The fraction of sp³-hybridized carbons (Fsp3) is 0.400. The molecule has 2 heterocycles. The fourth-order valence-electron chi connectivity index (χ4n) is 4.23. The number of thiazole rings is 1. The molecule has 2 unspecified atom stereocenters. The van der Waals surface area contributed by atoms with Crippen molar-refractivity contribution >= 4 is 43.5 Å². The van der Waals surface area contributed by atoms with Gasteiger partial charge in [0.15, 0.2) is 4.80 Å². The van der Waals surface area contributed by atoms with E-state index in [1.807, 2.05) is 26.0 Å². The Bertz CT molecular complexity index is 1470. The van der Waals surface area contributed by atoms with Crippen LogP contribution in [0.25, 0.3) is 10.2 Å². The van der Waals surface area contributed by atoms with E-state index in [1.54, 1.807) is 17.6 Å². The van der Waals surface area contributed by atoms with Gasteiger partial charge in [-0.3, -0.25) is 9.59 Å². The van der Waals surface area contributed by atoms with Gasteiger partial charge in [-0.1, -0.05) is 17.4 Å². The van der Waals surface area contributed by atoms with Crippen LogP contribution in [0.15, 0.2) is 52.4 Å². The highest BCUT2D eigenvalue weighted by Crippen LogP contribution is 2.27. The van der Waals surface area contributed by atoms with Gasteiger partial charge in [0.2, 0.25) is 10.0 Å². The Balaban J connectivity index is 1.67. The summed E-state index contributed by atoms with van der Waals surface area (Å²) in [6.45, 7) is 5.98. The predicted octanol–water partition coefficient (Wildman–Crippen LogP) is 2.81. The Morgan fingerprint density at radius 3 is 2.41 bits per heavy atom. The molecule has 198 valence electrons. The Kier molecular flexibility index (Phi) is 8.12. The number of sulfonamides is 1. The fourth-order valence-corrected chi connectivity index (χ4v) is 6.86. The first-order valence-electron chi connectivity index (χ1n) is 11.8. The van der Waals surface area contributed by atoms with E-state index >= 15 is 0 Å². The third kappa shape index (κ3) is 5.77. The van der Waals surface area contributed by atoms with Gasteiger partial charge in [-0.25, -0.2) is 8.42 Å². The highest BCUT2D eigenvalue weighted by molar-refractivity contribution is 7.89. The number of aromatic nitrogens is 1. The Hall–Kier alpha value is -3.06. The highest BCUT2D eigenvalue weighted by Gasteiger charge is 2.32. The molecule has 1 amide bonds. The Labute approximate surface area is 219 Å². The van der Waals surface area contributed by atoms with Gasteiger partial charge < -0.3 is 18.8 Å². The van der Waals surface area contributed by atoms with Gasteiger partial charge in [-0.2, -0.15) is 9.30 Å². The van der Waals surface area contributed by atoms with Crippen molar-refractivity contribution in [1.82, 2.24) is 8.87 Å². The smallest absolute Gasteiger partial charge is 0.326 e. The van der Waals surface area contributed by atoms with E-state index in [0.717, 1.165) is 4.70 Å². The molecule has 10 nitrogen and oxygen atoms in total. The molecule has 37 heavy (non-hydrogen) atoms. The van der Waals surface area contributed by atoms with E-state index in [0.29, 0.717) is 16.1 Å². The van der Waals surface area contributed by atoms with Gasteiger partial charge in [0.25, 0.3) is 5.91 Å². The number of benzene rings is 2. The number of amides is 1. The molecule has 2 aromatic carbocycles. The quantitative estimate of drug-likeness (QED) is 0.418. The molecule has 0 saturated carbocycles. The van der Waals surface area contributed by atoms with Crippen molar-refractivity contribution in [2.24, 2.45) is 4.99 Å². The van der Waals surface area contributed by atoms with Gasteiger partial charge in [0, 0.05) is 18.7 Å². The number of rotatable bonds is 7. The summed E-state index contributed by atoms with van der Waals surface area (Å²) in [5.41, 5.74) is 0.847. The maximum atomic E-state index is 13.1. The monoisotopic (exact) mass is 547 g/mol. The molecule has 3 aromatic rings. The van der Waals surface area contributed by atoms with Crippen LogP contribution in [0, 0.1) is 0 Å². The molecule has 1 fully saturated rings. The summed E-state index contributed by atoms with van der Waals surface area (Å²) in [4.78, 5) is 30.0. The van der Waals surface area contributed by atoms with Gasteiger partial charge >= 0.3 is 5.97 Å². The van der Waals surface area contributed by atoms with Gasteiger partial charge in [0.1, 0.15) is 17.8 Å². The number of carbonyl (C=O) groups excluding carboxylic acids is 2. The molecule has 0 bridgehead atoms. The highest BCUT2D eigenvalue weighted by atomic mass is 32.2. The SMILES string of the molecule is CCOC(=O)Cn1c(=NC(=O)c2ccc(S(=O)(=O)N3CC(C)OC(C)C3)cc2)sc2cccc(OC)c21. The van der Waals surface area contributed by atoms with Crippen LogP contribution in [-0.2, 0) is 30.8 Å². The van der Waals surface area contributed by atoms with E-state index in [1.165, 1.54) is 47.0 Å². The number of esters is 1. The first kappa shape index (κ1) is 27.0. The van der Waals surface area contributed by atoms with Crippen molar-refractivity contribution < 1.29 is 32.2 Å². The van der Waals surface area contributed by atoms with Crippen LogP contribution >= 0.6 is 11.3 Å². The molecule has 0 radical (unpaired) electrons. The summed E-state index contributed by atoms with van der Waals surface area (Å²) in [6, 6.07) is 11.1. The molecule has 1 aliphatic rings. The number of para-hydroxylation sites is 1. The largest absolute Gasteiger partial charge is 0.495 e. The number of nitrogens with zero attached hydrogens (tertiary/aromatic N) is 3. The van der Waals surface area contributed by atoms with Crippen LogP contribution in [0.3, 0.4) is 0 Å². The van der Waals surface area contributed by atoms with Gasteiger partial charge in [-0.05, 0) is 57.2 Å². The molecule has 4 rings (SSSR count). The summed E-state index contributed by atoms with van der Waals surface area (Å²) in [5, 5.41) is 0. The molecule has 0 N–H and O–H groups in total. The van der Waals surface area contributed by atoms with Crippen LogP contribution in [0.2, 0.25) is 0 Å². The van der Waals surface area contributed by atoms with Crippen LogP contribution in [0.5, 0.6) is 5.75 Å². The van der Waals surface area contributed by atoms with Crippen LogP contribution in [-0.4, -0.2) is 68.2 Å². The third-order valence-corrected chi connectivity index (χ3v) is 8.69. The zero-order valence-electron chi connectivity index (χ0n) is 21.0. The molecule has 0 aliphatic carbocycles. The number of fused-ring (bicyclic) bond motifs is 1. The zero-order valence-corrected chi connectivity index (χ0v) is 22.7. The number of ether oxygens (including phenoxy) is 3. The molecular formula is C25H29N3O7S2. The van der Waals surface area contributed by atoms with Crippen molar-refractivity contribution in [2.75, 3.05) is 26.8 Å². The second-order valence-corrected chi connectivity index (χ2v) is 11.6. The molecule has 2 atom stereocenters. The zero-order chi connectivity index (χ0) is 26.7. The summed E-state index contributed by atoms with van der Waals surface area (Å²) in [6.07, 6.45) is -0.418. The lowest BCUT2D eigenvalue weighted by molar-refractivity contribution is -0.143. The minimum atomic E-state index is -3.74. The van der Waals surface area contributed by atoms with Crippen LogP contribution in [0.4, 0.5) is 0 Å². The lowest BCUT2D eigenvalue weighted by atomic mass is 10.2. The first-order valence-corrected chi connectivity index (χ1v) is 14.1. The number of carbonyl (C=O) groups is 2. The molecule has 1 saturated heterocycles. The summed E-state index contributed by atoms with van der Waals surface area (Å²) < 4.78 is 46.2. The van der Waals surface area contributed by atoms with E-state index in [2.05, 4.69) is 4.99 Å². The summed E-state index contributed by atoms with van der Waals surface area (Å²) in [7, 11) is -2.21. The number of morpholine rings is 1. The molecule has 1 aliphatic heterocycles. The minimum Gasteiger partial charge on any atom is -0.495 e. The standard InChI is InChI=1S/C25H29N3O7S2/c1-5-34-22(29)15-28-23-20(33-4)7-6-8-21(23)36-25(28)26-24(30)18-9-11-19(12-10-18)37(31,32)27-13-16(2)35-17(3)14-27/h6-12,16-17H,5,13-15H2,1-4H3. The van der Waals surface area contributed by atoms with Crippen molar-refractivity contribution in [3.05, 3.63) is 52.8 Å². The lowest BCUT2D eigenvalue weighted by Gasteiger charge is -2.34. The van der Waals surface area contributed by atoms with Gasteiger partial charge in [-0.15, -0.1) is 0 Å². The molecule has 1 aromatic heterocycles. The first-order chi connectivity index (χ1) is 17.6. The van der Waals surface area contributed by atoms with Crippen LogP contribution < -0.4 is 9.54 Å². The number of hydrogen-bond donors (Lipinski definition) is 0. The topological polar surface area (TPSA) is 117 Å². The third-order valence-electron chi connectivity index (χ3n) is 5.80. The van der Waals surface area contributed by atoms with E-state index in [9.17, 15) is 18.0 Å². The van der Waals surface area contributed by atoms with E-state index < -0.39 is 21.9 Å². The van der Waals surface area contributed by atoms with Crippen molar-refractivity contribution in [1.29, 1.82) is 0 Å². The van der Waals surface area contributed by atoms with E-state index in [4.69, 9.17) is 14.2 Å². The number of methoxy groups -OCH3 is 1. The number of hydrogen-bond acceptors (Lipinski definition) is 8. The van der Waals surface area contributed by atoms with Gasteiger partial charge in [0.05, 0.1) is 35.5 Å². The summed E-state index contributed by atoms with van der Waals surface area (Å²) in [5.74, 6) is -0.503. The molecular weight excluding hydrogens is 518 g/mol. The van der Waals surface area contributed by atoms with Crippen LogP contribution in [0.1, 0.15) is 31.1 Å². The maximum Gasteiger partial charge on any atom is 0.326 e. The lowest BCUT2D eigenvalue weighted by Crippen LogP contribution is -2.48. The predicted molar refractivity (Wildman–Crippen MR) is 138 cm³/mol. The second-order valence-electron chi connectivity index (χ2n) is 8.60. The molecule has 0 spiro atoms. The average Bonchev–Trinajstić information content (AvgIpc) is 3.20.